The molecular weight excluding hydrogens is 232 g/mol. The van der Waals surface area contributed by atoms with Gasteiger partial charge in [-0.25, -0.2) is 0 Å². The number of thiophene rings is 1. The van der Waals surface area contributed by atoms with Crippen LogP contribution in [0.4, 0.5) is 5.00 Å². The minimum atomic E-state index is -0.420. The van der Waals surface area contributed by atoms with Gasteiger partial charge < -0.3 is 10.2 Å². The fraction of sp³-hybridized carbons (Fsp3) is 0.556. The van der Waals surface area contributed by atoms with E-state index in [1.807, 2.05) is 4.90 Å². The number of aliphatic hydroxyl groups is 2. The number of nitro groups is 1. The Morgan fingerprint density at radius 3 is 2.44 bits per heavy atom. The van der Waals surface area contributed by atoms with Crippen LogP contribution in [0.15, 0.2) is 11.4 Å². The van der Waals surface area contributed by atoms with E-state index in [2.05, 4.69) is 0 Å². The number of hydrogen-bond acceptors (Lipinski definition) is 6. The zero-order valence-electron chi connectivity index (χ0n) is 8.70. The molecule has 0 radical (unpaired) electrons. The molecule has 1 rings (SSSR count). The van der Waals surface area contributed by atoms with Crippen molar-refractivity contribution in [1.29, 1.82) is 0 Å². The van der Waals surface area contributed by atoms with Gasteiger partial charge in [0.2, 0.25) is 0 Å². The summed E-state index contributed by atoms with van der Waals surface area (Å²) in [6.07, 6.45) is 0. The van der Waals surface area contributed by atoms with Gasteiger partial charge in [0.05, 0.1) is 18.1 Å². The van der Waals surface area contributed by atoms with E-state index >= 15 is 0 Å². The van der Waals surface area contributed by atoms with Crippen molar-refractivity contribution in [3.05, 3.63) is 27.1 Å². The minimum Gasteiger partial charge on any atom is -0.395 e. The Hall–Kier alpha value is -1.02. The van der Waals surface area contributed by atoms with Crippen LogP contribution in [-0.4, -0.2) is 46.3 Å². The molecule has 0 aromatic carbocycles. The Bertz CT molecular complexity index is 336. The third kappa shape index (κ3) is 3.86. The molecule has 16 heavy (non-hydrogen) atoms. The molecule has 0 bridgehead atoms. The topological polar surface area (TPSA) is 86.8 Å². The van der Waals surface area contributed by atoms with Crippen LogP contribution in [0.3, 0.4) is 0 Å². The highest BCUT2D eigenvalue weighted by molar-refractivity contribution is 7.13. The minimum absolute atomic E-state index is 0.00618. The highest BCUT2D eigenvalue weighted by Crippen LogP contribution is 2.23. The second-order valence-corrected chi connectivity index (χ2v) is 4.16. The van der Waals surface area contributed by atoms with Crippen LogP contribution in [0, 0.1) is 10.1 Å². The van der Waals surface area contributed by atoms with Crippen molar-refractivity contribution in [3.8, 4) is 0 Å². The molecule has 90 valence electrons. The molecule has 1 aromatic heterocycles. The first-order valence-electron chi connectivity index (χ1n) is 4.83. The molecule has 1 heterocycles. The average molecular weight is 246 g/mol. The summed E-state index contributed by atoms with van der Waals surface area (Å²) in [4.78, 5) is 11.9. The molecule has 6 nitrogen and oxygen atoms in total. The molecule has 0 aliphatic carbocycles. The Kier molecular flexibility index (Phi) is 5.33. The molecule has 7 heteroatoms. The van der Waals surface area contributed by atoms with Crippen molar-refractivity contribution in [2.24, 2.45) is 0 Å². The molecule has 0 aliphatic heterocycles. The lowest BCUT2D eigenvalue weighted by atomic mass is 10.3. The van der Waals surface area contributed by atoms with Crippen LogP contribution in [0.5, 0.6) is 0 Å². The van der Waals surface area contributed by atoms with Crippen molar-refractivity contribution in [2.45, 2.75) is 6.54 Å². The van der Waals surface area contributed by atoms with Gasteiger partial charge >= 0.3 is 5.00 Å². The smallest absolute Gasteiger partial charge is 0.324 e. The van der Waals surface area contributed by atoms with Gasteiger partial charge in [-0.05, 0) is 5.56 Å². The van der Waals surface area contributed by atoms with E-state index in [-0.39, 0.29) is 18.2 Å². The predicted molar refractivity (Wildman–Crippen MR) is 60.4 cm³/mol. The fourth-order valence-corrected chi connectivity index (χ4v) is 2.07. The van der Waals surface area contributed by atoms with Gasteiger partial charge in [0.25, 0.3) is 0 Å². The molecule has 0 fully saturated rings. The summed E-state index contributed by atoms with van der Waals surface area (Å²) in [5.74, 6) is 0. The summed E-state index contributed by atoms with van der Waals surface area (Å²) in [5.41, 5.74) is 0.832. The van der Waals surface area contributed by atoms with Gasteiger partial charge in [-0.1, -0.05) is 11.3 Å². The number of nitrogens with zero attached hydrogens (tertiary/aromatic N) is 2. The van der Waals surface area contributed by atoms with E-state index in [1.165, 1.54) is 6.07 Å². The van der Waals surface area contributed by atoms with Crippen molar-refractivity contribution in [2.75, 3.05) is 26.3 Å². The average Bonchev–Trinajstić information content (AvgIpc) is 2.67. The zero-order valence-corrected chi connectivity index (χ0v) is 9.52. The molecule has 0 amide bonds. The first kappa shape index (κ1) is 13.0. The standard InChI is InChI=1S/C9H14N2O4S/c12-3-1-10(2-4-13)6-8-5-9(11(14)15)16-7-8/h5,7,12-13H,1-4,6H2. The van der Waals surface area contributed by atoms with Gasteiger partial charge in [-0.3, -0.25) is 15.0 Å². The molecule has 0 saturated heterocycles. The van der Waals surface area contributed by atoms with Crippen LogP contribution >= 0.6 is 11.3 Å². The molecule has 0 saturated carbocycles. The van der Waals surface area contributed by atoms with E-state index in [1.54, 1.807) is 5.38 Å². The van der Waals surface area contributed by atoms with Crippen molar-refractivity contribution in [3.63, 3.8) is 0 Å². The SMILES string of the molecule is O=[N+]([O-])c1cc(CN(CCO)CCO)cs1. The molecule has 0 unspecified atom stereocenters. The van der Waals surface area contributed by atoms with Gasteiger partial charge in [0.1, 0.15) is 0 Å². The zero-order chi connectivity index (χ0) is 12.0. The summed E-state index contributed by atoms with van der Waals surface area (Å²) in [7, 11) is 0. The van der Waals surface area contributed by atoms with E-state index in [0.29, 0.717) is 19.6 Å². The molecule has 0 spiro atoms. The highest BCUT2D eigenvalue weighted by atomic mass is 32.1. The Morgan fingerprint density at radius 1 is 1.38 bits per heavy atom. The van der Waals surface area contributed by atoms with Crippen molar-refractivity contribution < 1.29 is 15.1 Å². The van der Waals surface area contributed by atoms with E-state index < -0.39 is 4.92 Å². The quantitative estimate of drug-likeness (QED) is 0.538. The van der Waals surface area contributed by atoms with Crippen LogP contribution < -0.4 is 0 Å². The first-order valence-corrected chi connectivity index (χ1v) is 5.71. The maximum absolute atomic E-state index is 10.5. The van der Waals surface area contributed by atoms with Crippen LogP contribution in [0.1, 0.15) is 5.56 Å². The molecular formula is C9H14N2O4S. The van der Waals surface area contributed by atoms with Crippen LogP contribution in [0.2, 0.25) is 0 Å². The molecule has 1 aromatic rings. The lowest BCUT2D eigenvalue weighted by Crippen LogP contribution is -2.29. The third-order valence-electron chi connectivity index (χ3n) is 2.06. The molecule has 2 N–H and O–H groups in total. The van der Waals surface area contributed by atoms with Gasteiger partial charge in [0.15, 0.2) is 0 Å². The van der Waals surface area contributed by atoms with Crippen LogP contribution in [-0.2, 0) is 6.54 Å². The van der Waals surface area contributed by atoms with Crippen molar-refractivity contribution >= 4 is 16.3 Å². The first-order chi connectivity index (χ1) is 7.67. The summed E-state index contributed by atoms with van der Waals surface area (Å²) in [5, 5.41) is 29.9. The third-order valence-corrected chi connectivity index (χ3v) is 2.99. The summed E-state index contributed by atoms with van der Waals surface area (Å²) >= 11 is 1.09. The summed E-state index contributed by atoms with van der Waals surface area (Å²) in [6.45, 7) is 1.42. The highest BCUT2D eigenvalue weighted by Gasteiger charge is 2.12. The second kappa shape index (κ2) is 6.54. The van der Waals surface area contributed by atoms with Crippen LogP contribution in [0.25, 0.3) is 0 Å². The lowest BCUT2D eigenvalue weighted by molar-refractivity contribution is -0.380. The largest absolute Gasteiger partial charge is 0.395 e. The van der Waals surface area contributed by atoms with Gasteiger partial charge in [-0.15, -0.1) is 0 Å². The Morgan fingerprint density at radius 2 is 2.00 bits per heavy atom. The fourth-order valence-electron chi connectivity index (χ4n) is 1.35. The van der Waals surface area contributed by atoms with E-state index in [9.17, 15) is 10.1 Å². The second-order valence-electron chi connectivity index (χ2n) is 3.27. The number of rotatable bonds is 7. The Balaban J connectivity index is 2.58. The van der Waals surface area contributed by atoms with E-state index in [0.717, 1.165) is 16.9 Å². The molecule has 0 atom stereocenters. The Labute approximate surface area is 96.9 Å². The summed E-state index contributed by atoms with van der Waals surface area (Å²) < 4.78 is 0. The predicted octanol–water partition coefficient (Wildman–Crippen LogP) is 0.443. The summed E-state index contributed by atoms with van der Waals surface area (Å²) in [6, 6.07) is 1.52. The maximum Gasteiger partial charge on any atom is 0.324 e. The maximum atomic E-state index is 10.5. The number of aliphatic hydroxyl groups excluding tert-OH is 2. The normalized spacial score (nSPS) is 10.9. The lowest BCUT2D eigenvalue weighted by Gasteiger charge is -2.18. The van der Waals surface area contributed by atoms with E-state index in [4.69, 9.17) is 10.2 Å². The van der Waals surface area contributed by atoms with Gasteiger partial charge in [0, 0.05) is 31.1 Å². The number of hydrogen-bond donors (Lipinski definition) is 2. The van der Waals surface area contributed by atoms with Gasteiger partial charge in [-0.2, -0.15) is 0 Å². The van der Waals surface area contributed by atoms with Crippen molar-refractivity contribution in [1.82, 2.24) is 4.90 Å². The monoisotopic (exact) mass is 246 g/mol. The molecule has 0 aliphatic rings.